The number of rotatable bonds is 5. The summed E-state index contributed by atoms with van der Waals surface area (Å²) in [5, 5.41) is 7.31. The molecule has 0 aliphatic heterocycles. The number of hydrogen-bond acceptors (Lipinski definition) is 3. The Kier molecular flexibility index (Phi) is 6.39. The van der Waals surface area contributed by atoms with E-state index in [4.69, 9.17) is 4.42 Å². The molecule has 2 heterocycles. The van der Waals surface area contributed by atoms with Crippen molar-refractivity contribution >= 4 is 81.3 Å². The summed E-state index contributed by atoms with van der Waals surface area (Å²) in [5.41, 5.74) is 9.96. The van der Waals surface area contributed by atoms with Gasteiger partial charge in [-0.2, -0.15) is 0 Å². The largest absolute Gasteiger partial charge is 0.456 e. The molecule has 0 saturated heterocycles. The van der Waals surface area contributed by atoms with Crippen LogP contribution >= 0.6 is 11.3 Å². The molecule has 0 bridgehead atoms. The highest BCUT2D eigenvalue weighted by atomic mass is 32.1. The van der Waals surface area contributed by atoms with Crippen LogP contribution in [-0.4, -0.2) is 0 Å². The van der Waals surface area contributed by atoms with E-state index >= 15 is 0 Å². The number of anilines is 3. The summed E-state index contributed by atoms with van der Waals surface area (Å²) < 4.78 is 8.93. The van der Waals surface area contributed by atoms with Gasteiger partial charge in [0.05, 0.1) is 21.5 Å². The van der Waals surface area contributed by atoms with Crippen LogP contribution in [0, 0.1) is 0 Å². The smallest absolute Gasteiger partial charge is 0.137 e. The minimum Gasteiger partial charge on any atom is -0.456 e. The van der Waals surface area contributed by atoms with Crippen LogP contribution < -0.4 is 4.90 Å². The first-order chi connectivity index (χ1) is 24.3. The maximum atomic E-state index is 6.38. The summed E-state index contributed by atoms with van der Waals surface area (Å²) in [6.45, 7) is 0. The molecule has 0 amide bonds. The summed E-state index contributed by atoms with van der Waals surface area (Å²) >= 11 is 1.85. The molecule has 0 aliphatic rings. The SMILES string of the molecule is c1cc(-c2ccc(N(c3cccc4c3sc3ccccc34)c3cccc4oc5ccccc5c34)cc2)cc(-c2cccc3ccccc23)c1. The zero-order valence-electron chi connectivity index (χ0n) is 26.5. The molecule has 2 nitrogen and oxygen atoms in total. The number of hydrogen-bond donors (Lipinski definition) is 0. The van der Waals surface area contributed by atoms with Gasteiger partial charge in [0, 0.05) is 26.5 Å². The summed E-state index contributed by atoms with van der Waals surface area (Å²) in [4.78, 5) is 2.41. The first-order valence-corrected chi connectivity index (χ1v) is 17.4. The van der Waals surface area contributed by atoms with Gasteiger partial charge in [-0.3, -0.25) is 0 Å². The summed E-state index contributed by atoms with van der Waals surface area (Å²) in [6, 6.07) is 63.2. The lowest BCUT2D eigenvalue weighted by Gasteiger charge is -2.27. The molecule has 0 aliphatic carbocycles. The van der Waals surface area contributed by atoms with Gasteiger partial charge in [0.25, 0.3) is 0 Å². The summed E-state index contributed by atoms with van der Waals surface area (Å²) in [6.07, 6.45) is 0. The lowest BCUT2D eigenvalue weighted by Crippen LogP contribution is -2.10. The van der Waals surface area contributed by atoms with Gasteiger partial charge in [0.1, 0.15) is 11.2 Å². The van der Waals surface area contributed by atoms with Gasteiger partial charge in [-0.1, -0.05) is 127 Å². The van der Waals surface area contributed by atoms with E-state index < -0.39 is 0 Å². The molecular weight excluding hydrogens is 615 g/mol. The lowest BCUT2D eigenvalue weighted by atomic mass is 9.95. The molecule has 0 radical (unpaired) electrons. The molecule has 10 rings (SSSR count). The fraction of sp³-hybridized carbons (Fsp3) is 0. The van der Waals surface area contributed by atoms with Crippen molar-refractivity contribution < 1.29 is 4.42 Å². The van der Waals surface area contributed by atoms with E-state index in [0.29, 0.717) is 0 Å². The van der Waals surface area contributed by atoms with Crippen molar-refractivity contribution in [2.24, 2.45) is 0 Å². The van der Waals surface area contributed by atoms with Gasteiger partial charge in [-0.05, 0) is 81.6 Å². The van der Waals surface area contributed by atoms with Crippen LogP contribution in [0.2, 0.25) is 0 Å². The minimum atomic E-state index is 0.883. The van der Waals surface area contributed by atoms with E-state index in [1.165, 1.54) is 53.2 Å². The first-order valence-electron chi connectivity index (χ1n) is 16.6. The molecule has 230 valence electrons. The predicted molar refractivity (Wildman–Crippen MR) is 210 cm³/mol. The zero-order chi connectivity index (χ0) is 32.3. The Hall–Kier alpha value is -6.16. The van der Waals surface area contributed by atoms with E-state index in [2.05, 4.69) is 175 Å². The molecule has 0 fully saturated rings. The highest BCUT2D eigenvalue weighted by molar-refractivity contribution is 7.26. The maximum absolute atomic E-state index is 6.38. The molecule has 2 aromatic heterocycles. The fourth-order valence-corrected chi connectivity index (χ4v) is 8.61. The van der Waals surface area contributed by atoms with E-state index in [9.17, 15) is 0 Å². The van der Waals surface area contributed by atoms with Crippen molar-refractivity contribution in [3.8, 4) is 22.3 Å². The van der Waals surface area contributed by atoms with Gasteiger partial charge < -0.3 is 9.32 Å². The van der Waals surface area contributed by atoms with Gasteiger partial charge in [0.2, 0.25) is 0 Å². The number of furan rings is 1. The molecular formula is C46H29NOS. The van der Waals surface area contributed by atoms with Crippen LogP contribution in [0.25, 0.3) is 75.1 Å². The van der Waals surface area contributed by atoms with Crippen molar-refractivity contribution in [2.75, 3.05) is 4.90 Å². The van der Waals surface area contributed by atoms with E-state index in [1.54, 1.807) is 0 Å². The van der Waals surface area contributed by atoms with Crippen LogP contribution in [0.3, 0.4) is 0 Å². The molecule has 10 aromatic rings. The Morgan fingerprint density at radius 3 is 2.00 bits per heavy atom. The Labute approximate surface area is 287 Å². The molecule has 3 heteroatoms. The van der Waals surface area contributed by atoms with Crippen molar-refractivity contribution in [1.82, 2.24) is 0 Å². The Bertz CT molecular complexity index is 2840. The van der Waals surface area contributed by atoms with Crippen LogP contribution in [0.1, 0.15) is 0 Å². The molecule has 0 N–H and O–H groups in total. The van der Waals surface area contributed by atoms with Crippen LogP contribution in [0.5, 0.6) is 0 Å². The third-order valence-electron chi connectivity index (χ3n) is 9.67. The molecule has 0 atom stereocenters. The highest BCUT2D eigenvalue weighted by Crippen LogP contribution is 2.48. The van der Waals surface area contributed by atoms with Gasteiger partial charge >= 0.3 is 0 Å². The average Bonchev–Trinajstić information content (AvgIpc) is 3.75. The number of para-hydroxylation sites is 1. The highest BCUT2D eigenvalue weighted by Gasteiger charge is 2.22. The van der Waals surface area contributed by atoms with Gasteiger partial charge in [-0.15, -0.1) is 11.3 Å². The fourth-order valence-electron chi connectivity index (χ4n) is 7.40. The standard InChI is InChI=1S/C46H29NOS/c1-2-15-35-31(11-1)12-8-18-36(35)33-14-7-13-32(29-33)30-25-27-34(28-26-30)47(40-20-10-23-43-45(40)39-17-3-5-22-42(39)48-43)41-21-9-19-38-37-16-4-6-24-44(37)49-46(38)41/h1-29H. The van der Waals surface area contributed by atoms with Crippen molar-refractivity contribution in [3.63, 3.8) is 0 Å². The molecule has 0 spiro atoms. The summed E-state index contributed by atoms with van der Waals surface area (Å²) in [5.74, 6) is 0. The molecule has 0 saturated carbocycles. The Morgan fingerprint density at radius 1 is 0.429 bits per heavy atom. The quantitative estimate of drug-likeness (QED) is 0.186. The summed E-state index contributed by atoms with van der Waals surface area (Å²) in [7, 11) is 0. The Balaban J connectivity index is 1.15. The van der Waals surface area contributed by atoms with E-state index in [1.807, 2.05) is 17.4 Å². The van der Waals surface area contributed by atoms with E-state index in [-0.39, 0.29) is 0 Å². The lowest BCUT2D eigenvalue weighted by molar-refractivity contribution is 0.669. The average molecular weight is 644 g/mol. The second-order valence-electron chi connectivity index (χ2n) is 12.5. The minimum absolute atomic E-state index is 0.883. The van der Waals surface area contributed by atoms with Crippen molar-refractivity contribution in [2.45, 2.75) is 0 Å². The molecule has 8 aromatic carbocycles. The third-order valence-corrected chi connectivity index (χ3v) is 10.9. The zero-order valence-corrected chi connectivity index (χ0v) is 27.3. The predicted octanol–water partition coefficient (Wildman–Crippen LogP) is 13.9. The van der Waals surface area contributed by atoms with Gasteiger partial charge in [0.15, 0.2) is 0 Å². The van der Waals surface area contributed by atoms with E-state index in [0.717, 1.165) is 39.0 Å². The topological polar surface area (TPSA) is 16.4 Å². The van der Waals surface area contributed by atoms with Crippen LogP contribution in [0.4, 0.5) is 17.1 Å². The second-order valence-corrected chi connectivity index (χ2v) is 13.5. The number of fused-ring (bicyclic) bond motifs is 7. The van der Waals surface area contributed by atoms with Gasteiger partial charge in [-0.25, -0.2) is 0 Å². The van der Waals surface area contributed by atoms with Crippen molar-refractivity contribution in [3.05, 3.63) is 176 Å². The number of nitrogens with zero attached hydrogens (tertiary/aromatic N) is 1. The van der Waals surface area contributed by atoms with Crippen molar-refractivity contribution in [1.29, 1.82) is 0 Å². The Morgan fingerprint density at radius 2 is 1.08 bits per heavy atom. The first kappa shape index (κ1) is 27.9. The normalized spacial score (nSPS) is 11.7. The maximum Gasteiger partial charge on any atom is 0.137 e. The molecule has 49 heavy (non-hydrogen) atoms. The number of thiophene rings is 1. The number of benzene rings is 8. The molecule has 0 unspecified atom stereocenters. The van der Waals surface area contributed by atoms with Crippen LogP contribution in [-0.2, 0) is 0 Å². The second kappa shape index (κ2) is 11.2. The van der Waals surface area contributed by atoms with Crippen LogP contribution in [0.15, 0.2) is 180 Å². The monoisotopic (exact) mass is 643 g/mol. The third kappa shape index (κ3) is 4.55.